The summed E-state index contributed by atoms with van der Waals surface area (Å²) >= 11 is 0. The fourth-order valence-corrected chi connectivity index (χ4v) is 8.03. The summed E-state index contributed by atoms with van der Waals surface area (Å²) in [6, 6.07) is 22.9. The molecule has 0 amide bonds. The first-order chi connectivity index (χ1) is 31.3. The van der Waals surface area contributed by atoms with Crippen molar-refractivity contribution >= 4 is 73.5 Å². The summed E-state index contributed by atoms with van der Waals surface area (Å²) in [6.45, 7) is 6.45. The van der Waals surface area contributed by atoms with Crippen LogP contribution in [0.15, 0.2) is 94.7 Å². The zero-order valence-electron chi connectivity index (χ0n) is 36.2. The normalized spacial score (nSPS) is 11.8. The lowest BCUT2D eigenvalue weighted by atomic mass is 10.0. The van der Waals surface area contributed by atoms with Gasteiger partial charge in [-0.25, -0.2) is 4.98 Å². The third kappa shape index (κ3) is 13.2. The maximum Gasteiger partial charge on any atom is 0.323 e. The number of hydrogen-bond donors (Lipinski definition) is 6. The molecule has 0 fully saturated rings. The van der Waals surface area contributed by atoms with Crippen LogP contribution in [0, 0.1) is 13.8 Å². The number of carbonyl (C=O) groups is 2. The summed E-state index contributed by atoms with van der Waals surface area (Å²) in [7, 11) is -9.12. The van der Waals surface area contributed by atoms with Gasteiger partial charge in [-0.1, -0.05) is 80.1 Å². The highest BCUT2D eigenvalue weighted by atomic mass is 32.2. The van der Waals surface area contributed by atoms with Crippen LogP contribution in [-0.4, -0.2) is 91.1 Å². The SMILES string of the molecule is CCC(CC)c1nc(Cc2ccc(S(=O)(=O)O)cc2)nc(Nc2ccc(/C=C/c3ccc(Cc4nc(Nc5ccc(C)cc5)nc(N(CC(=O)O)CC(=O)O)n4)cc3C)c(S(=O)(=O)O)c2)n1. The van der Waals surface area contributed by atoms with Crippen molar-refractivity contribution in [2.24, 2.45) is 0 Å². The molecular formula is C45H47N9O10S2. The van der Waals surface area contributed by atoms with Crippen molar-refractivity contribution in [3.05, 3.63) is 136 Å². The second-order valence-corrected chi connectivity index (χ2v) is 18.1. The lowest BCUT2D eigenvalue weighted by Gasteiger charge is -2.19. The highest BCUT2D eigenvalue weighted by molar-refractivity contribution is 7.86. The van der Waals surface area contributed by atoms with E-state index in [4.69, 9.17) is 0 Å². The van der Waals surface area contributed by atoms with Crippen LogP contribution >= 0.6 is 0 Å². The average Bonchev–Trinajstić information content (AvgIpc) is 3.24. The highest BCUT2D eigenvalue weighted by Crippen LogP contribution is 2.28. The summed E-state index contributed by atoms with van der Waals surface area (Å²) in [4.78, 5) is 50.8. The van der Waals surface area contributed by atoms with Gasteiger partial charge in [0.05, 0.1) is 4.90 Å². The first-order valence-corrected chi connectivity index (χ1v) is 23.4. The fourth-order valence-electron chi connectivity index (χ4n) is 6.84. The Balaban J connectivity index is 1.25. The van der Waals surface area contributed by atoms with Crippen molar-refractivity contribution in [2.75, 3.05) is 28.6 Å². The summed E-state index contributed by atoms with van der Waals surface area (Å²) in [5.41, 5.74) is 5.04. The van der Waals surface area contributed by atoms with Crippen molar-refractivity contribution in [3.8, 4) is 0 Å². The van der Waals surface area contributed by atoms with Crippen molar-refractivity contribution < 1.29 is 45.7 Å². The molecule has 19 nitrogen and oxygen atoms in total. The highest BCUT2D eigenvalue weighted by Gasteiger charge is 2.21. The molecule has 6 rings (SSSR count). The molecule has 2 aromatic heterocycles. The minimum absolute atomic E-state index is 0.0177. The van der Waals surface area contributed by atoms with Gasteiger partial charge in [-0.2, -0.15) is 41.8 Å². The standard InChI is InChI=1S/C45H47N9O10S2/c1-5-31(6-2)42-48-38(22-29-10-19-36(20-11-29)65(59,60)61)49-43(52-42)47-35-18-15-33(37(24-35)66(62,63)64)14-13-32-12-9-30(21-28(32)4)23-39-50-44(46-34-16-7-27(3)8-17-34)53-45(51-39)54(25-40(55)56)26-41(57)58/h7-21,24,31H,5-6,22-23,25-26H2,1-4H3,(H,55,56)(H,57,58)(H,59,60,61)(H,62,63,64)(H,46,50,51,53)(H,47,48,49,52)/b14-13+. The van der Waals surface area contributed by atoms with Crippen LogP contribution in [0.5, 0.6) is 0 Å². The van der Waals surface area contributed by atoms with Crippen LogP contribution in [-0.2, 0) is 42.7 Å². The number of benzene rings is 4. The molecule has 2 heterocycles. The Bertz CT molecular complexity index is 2990. The van der Waals surface area contributed by atoms with Gasteiger partial charge in [0.1, 0.15) is 35.5 Å². The van der Waals surface area contributed by atoms with E-state index in [1.54, 1.807) is 42.5 Å². The quantitative estimate of drug-likeness (QED) is 0.0336. The minimum Gasteiger partial charge on any atom is -0.480 e. The van der Waals surface area contributed by atoms with E-state index < -0.39 is 45.3 Å². The van der Waals surface area contributed by atoms with Gasteiger partial charge >= 0.3 is 11.9 Å². The Kier molecular flexibility index (Phi) is 15.2. The molecule has 21 heteroatoms. The van der Waals surface area contributed by atoms with E-state index in [9.17, 15) is 45.7 Å². The monoisotopic (exact) mass is 937 g/mol. The molecule has 6 N–H and O–H groups in total. The predicted octanol–water partition coefficient (Wildman–Crippen LogP) is 6.89. The van der Waals surface area contributed by atoms with E-state index in [-0.39, 0.29) is 63.5 Å². The van der Waals surface area contributed by atoms with E-state index in [1.807, 2.05) is 58.0 Å². The van der Waals surface area contributed by atoms with Gasteiger partial charge in [0.25, 0.3) is 20.2 Å². The first-order valence-electron chi connectivity index (χ1n) is 20.5. The number of aromatic nitrogens is 6. The van der Waals surface area contributed by atoms with Gasteiger partial charge in [-0.15, -0.1) is 0 Å². The number of rotatable bonds is 20. The van der Waals surface area contributed by atoms with Gasteiger partial charge in [-0.05, 0) is 90.9 Å². The molecule has 0 bridgehead atoms. The van der Waals surface area contributed by atoms with E-state index in [0.29, 0.717) is 28.5 Å². The Morgan fingerprint density at radius 1 is 0.636 bits per heavy atom. The fraction of sp³-hybridized carbons (Fsp3) is 0.244. The van der Waals surface area contributed by atoms with E-state index >= 15 is 0 Å². The Hall–Kier alpha value is -7.20. The molecule has 0 saturated carbocycles. The second kappa shape index (κ2) is 20.7. The van der Waals surface area contributed by atoms with Crippen LogP contribution in [0.1, 0.15) is 83.5 Å². The average molecular weight is 938 g/mol. The Morgan fingerprint density at radius 3 is 1.77 bits per heavy atom. The molecule has 66 heavy (non-hydrogen) atoms. The van der Waals surface area contributed by atoms with E-state index in [1.165, 1.54) is 24.3 Å². The third-order valence-electron chi connectivity index (χ3n) is 10.2. The van der Waals surface area contributed by atoms with Crippen LogP contribution in [0.4, 0.5) is 29.2 Å². The Morgan fingerprint density at radius 2 is 1.18 bits per heavy atom. The molecule has 0 aliphatic heterocycles. The van der Waals surface area contributed by atoms with Gasteiger partial charge in [0, 0.05) is 30.1 Å². The van der Waals surface area contributed by atoms with Crippen LogP contribution < -0.4 is 15.5 Å². The molecule has 6 aromatic rings. The van der Waals surface area contributed by atoms with E-state index in [2.05, 4.69) is 40.5 Å². The van der Waals surface area contributed by atoms with Gasteiger partial charge in [-0.3, -0.25) is 18.7 Å². The molecular weight excluding hydrogens is 891 g/mol. The van der Waals surface area contributed by atoms with E-state index in [0.717, 1.165) is 34.4 Å². The smallest absolute Gasteiger partial charge is 0.323 e. The molecule has 0 atom stereocenters. The lowest BCUT2D eigenvalue weighted by molar-refractivity contribution is -0.136. The van der Waals surface area contributed by atoms with Crippen molar-refractivity contribution in [2.45, 2.75) is 69.1 Å². The molecule has 0 aliphatic carbocycles. The van der Waals surface area contributed by atoms with Crippen LogP contribution in [0.3, 0.4) is 0 Å². The third-order valence-corrected chi connectivity index (χ3v) is 12.0. The zero-order chi connectivity index (χ0) is 47.8. The molecule has 0 aliphatic rings. The zero-order valence-corrected chi connectivity index (χ0v) is 37.9. The minimum atomic E-state index is -4.74. The maximum atomic E-state index is 12.7. The topological polar surface area (TPSA) is 288 Å². The molecule has 0 spiro atoms. The van der Waals surface area contributed by atoms with Crippen molar-refractivity contribution in [1.29, 1.82) is 0 Å². The van der Waals surface area contributed by atoms with Crippen LogP contribution in [0.2, 0.25) is 0 Å². The Labute approximate surface area is 381 Å². The second-order valence-electron chi connectivity index (χ2n) is 15.3. The molecule has 344 valence electrons. The van der Waals surface area contributed by atoms with Gasteiger partial charge < -0.3 is 25.7 Å². The van der Waals surface area contributed by atoms with Crippen LogP contribution in [0.25, 0.3) is 12.2 Å². The number of carboxylic acid groups (broad SMARTS) is 2. The maximum absolute atomic E-state index is 12.7. The molecule has 0 unspecified atom stereocenters. The number of aliphatic carboxylic acids is 2. The van der Waals surface area contributed by atoms with Crippen molar-refractivity contribution in [3.63, 3.8) is 0 Å². The predicted molar refractivity (Wildman–Crippen MR) is 246 cm³/mol. The number of nitrogens with one attached hydrogen (secondary N) is 2. The van der Waals surface area contributed by atoms with Gasteiger partial charge in [0.2, 0.25) is 17.8 Å². The summed E-state index contributed by atoms with van der Waals surface area (Å²) < 4.78 is 68.3. The summed E-state index contributed by atoms with van der Waals surface area (Å²) in [6.07, 6.45) is 5.07. The molecule has 0 radical (unpaired) electrons. The summed E-state index contributed by atoms with van der Waals surface area (Å²) in [5, 5.41) is 25.1. The molecule has 4 aromatic carbocycles. The number of nitrogens with zero attached hydrogens (tertiary/aromatic N) is 7. The molecule has 0 saturated heterocycles. The number of carboxylic acids is 2. The van der Waals surface area contributed by atoms with Gasteiger partial charge in [0.15, 0.2) is 0 Å². The van der Waals surface area contributed by atoms with Crippen molar-refractivity contribution in [1.82, 2.24) is 29.9 Å². The number of hydrogen-bond acceptors (Lipinski definition) is 15. The first kappa shape index (κ1) is 48.3. The number of aryl methyl sites for hydroxylation is 2. The lowest BCUT2D eigenvalue weighted by Crippen LogP contribution is -2.36. The summed E-state index contributed by atoms with van der Waals surface area (Å²) in [5.74, 6) is -1.38. The largest absolute Gasteiger partial charge is 0.480 e. The number of anilines is 5.